The number of anilines is 1. The Bertz CT molecular complexity index is 606. The maximum absolute atomic E-state index is 12.3. The van der Waals surface area contributed by atoms with Crippen molar-refractivity contribution in [3.63, 3.8) is 0 Å². The summed E-state index contributed by atoms with van der Waals surface area (Å²) in [6, 6.07) is 0.152. The van der Waals surface area contributed by atoms with Crippen LogP contribution in [-0.4, -0.2) is 48.5 Å². The minimum Gasteiger partial charge on any atom is -0.365 e. The Morgan fingerprint density at radius 1 is 1.48 bits per heavy atom. The number of likely N-dealkylation sites (N-methyl/N-ethyl adjacent to an activating group) is 1. The van der Waals surface area contributed by atoms with E-state index >= 15 is 0 Å². The average Bonchev–Trinajstić information content (AvgIpc) is 2.42. The van der Waals surface area contributed by atoms with Crippen molar-refractivity contribution in [3.8, 4) is 0 Å². The van der Waals surface area contributed by atoms with Gasteiger partial charge < -0.3 is 10.2 Å². The van der Waals surface area contributed by atoms with E-state index in [1.807, 2.05) is 7.05 Å². The molecule has 2 radical (unpaired) electrons. The number of piperidine rings is 1. The van der Waals surface area contributed by atoms with Gasteiger partial charge in [0.25, 0.3) is 5.56 Å². The molecule has 0 bridgehead atoms. The Hall–Kier alpha value is -1.34. The van der Waals surface area contributed by atoms with Crippen LogP contribution in [0.25, 0.3) is 12.3 Å². The van der Waals surface area contributed by atoms with Crippen LogP contribution in [0.15, 0.2) is 22.4 Å². The van der Waals surface area contributed by atoms with Crippen LogP contribution in [0.3, 0.4) is 0 Å². The second-order valence-electron chi connectivity index (χ2n) is 5.25. The van der Waals surface area contributed by atoms with Crippen LogP contribution in [0, 0.1) is 0 Å². The van der Waals surface area contributed by atoms with Crippen molar-refractivity contribution in [3.05, 3.63) is 33.8 Å². The zero-order valence-electron chi connectivity index (χ0n) is 12.1. The number of hydrogen-bond donors (Lipinski definition) is 1. The molecule has 0 amide bonds. The van der Waals surface area contributed by atoms with Gasteiger partial charge in [0.2, 0.25) is 0 Å². The van der Waals surface area contributed by atoms with Gasteiger partial charge in [-0.1, -0.05) is 19.0 Å². The molecule has 1 aromatic rings. The molecule has 1 fully saturated rings. The molecule has 1 aliphatic heterocycles. The summed E-state index contributed by atoms with van der Waals surface area (Å²) in [6.45, 7) is 9.03. The first-order valence-electron chi connectivity index (χ1n) is 6.74. The lowest BCUT2D eigenvalue weighted by Gasteiger charge is -2.35. The highest BCUT2D eigenvalue weighted by Gasteiger charge is 2.23. The molecule has 0 saturated carbocycles. The first-order valence-corrected chi connectivity index (χ1v) is 7.53. The van der Waals surface area contributed by atoms with Gasteiger partial charge in [-0.05, 0) is 42.0 Å². The minimum atomic E-state index is -0.217. The summed E-state index contributed by atoms with van der Waals surface area (Å²) in [4.78, 5) is 18.8. The summed E-state index contributed by atoms with van der Waals surface area (Å²) in [5, 5.41) is 3.30. The molecule has 110 valence electrons. The van der Waals surface area contributed by atoms with E-state index in [9.17, 15) is 4.79 Å². The Kier molecular flexibility index (Phi) is 5.06. The second-order valence-corrected chi connectivity index (χ2v) is 6.05. The third-order valence-corrected chi connectivity index (χ3v) is 4.17. The summed E-state index contributed by atoms with van der Waals surface area (Å²) in [6.07, 6.45) is 3.79. The smallest absolute Gasteiger partial charge is 0.274 e. The van der Waals surface area contributed by atoms with Crippen LogP contribution in [0.1, 0.15) is 12.2 Å². The summed E-state index contributed by atoms with van der Waals surface area (Å²) in [5.41, 5.74) is -0.217. The van der Waals surface area contributed by atoms with Crippen molar-refractivity contribution in [1.82, 2.24) is 14.5 Å². The lowest BCUT2D eigenvalue weighted by atomic mass is 9.79. The molecule has 2 heterocycles. The van der Waals surface area contributed by atoms with Crippen molar-refractivity contribution < 1.29 is 0 Å². The lowest BCUT2D eigenvalue weighted by molar-refractivity contribution is 0.261. The first-order chi connectivity index (χ1) is 9.96. The standard InChI is InChI=1S/C14H18BBrN4O/c1-4-11-18-13(12(16)14(21)20(11)5-2)17-10-6-9(15)7-19(3)8-10/h4-5,9-10,17H,1-2,6-8H2,3H3. The number of nitrogens with one attached hydrogen (secondary N) is 1. The zero-order chi connectivity index (χ0) is 15.6. The fourth-order valence-electron chi connectivity index (χ4n) is 2.61. The maximum Gasteiger partial charge on any atom is 0.274 e. The van der Waals surface area contributed by atoms with Crippen LogP contribution < -0.4 is 10.9 Å². The molecule has 2 unspecified atom stereocenters. The fraction of sp³-hybridized carbons (Fsp3) is 0.429. The van der Waals surface area contributed by atoms with Crippen LogP contribution >= 0.6 is 15.9 Å². The SMILES string of the molecule is [B]C1CC(Nc2nc(C=C)n(C=C)c(=O)c2Br)CN(C)C1. The third kappa shape index (κ3) is 3.47. The summed E-state index contributed by atoms with van der Waals surface area (Å²) in [5.74, 6) is 1.09. The molecule has 5 nitrogen and oxygen atoms in total. The molecule has 0 aromatic carbocycles. The van der Waals surface area contributed by atoms with Gasteiger partial charge in [-0.25, -0.2) is 4.98 Å². The Balaban J connectivity index is 2.32. The predicted octanol–water partition coefficient (Wildman–Crippen LogP) is 1.82. The van der Waals surface area contributed by atoms with Gasteiger partial charge in [0.05, 0.1) is 7.85 Å². The molecule has 1 aliphatic rings. The van der Waals surface area contributed by atoms with E-state index < -0.39 is 0 Å². The number of hydrogen-bond acceptors (Lipinski definition) is 4. The molecule has 0 aliphatic carbocycles. The van der Waals surface area contributed by atoms with Gasteiger partial charge in [-0.3, -0.25) is 9.36 Å². The molecule has 1 saturated heterocycles. The third-order valence-electron chi connectivity index (χ3n) is 3.46. The topological polar surface area (TPSA) is 50.2 Å². The van der Waals surface area contributed by atoms with E-state index in [1.165, 1.54) is 16.8 Å². The monoisotopic (exact) mass is 348 g/mol. The van der Waals surface area contributed by atoms with Crippen molar-refractivity contribution in [1.29, 1.82) is 0 Å². The van der Waals surface area contributed by atoms with Gasteiger partial charge in [-0.15, -0.1) is 0 Å². The predicted molar refractivity (Wildman–Crippen MR) is 91.7 cm³/mol. The lowest BCUT2D eigenvalue weighted by Crippen LogP contribution is -2.43. The molecule has 0 spiro atoms. The summed E-state index contributed by atoms with van der Waals surface area (Å²) in [7, 11) is 8.06. The quantitative estimate of drug-likeness (QED) is 0.843. The van der Waals surface area contributed by atoms with Crippen molar-refractivity contribution in [2.24, 2.45) is 0 Å². The highest BCUT2D eigenvalue weighted by atomic mass is 79.9. The van der Waals surface area contributed by atoms with Crippen LogP contribution in [0.4, 0.5) is 5.82 Å². The number of nitrogens with zero attached hydrogens (tertiary/aromatic N) is 3. The summed E-state index contributed by atoms with van der Waals surface area (Å²) < 4.78 is 1.73. The van der Waals surface area contributed by atoms with E-state index in [1.54, 1.807) is 0 Å². The highest BCUT2D eigenvalue weighted by Crippen LogP contribution is 2.23. The van der Waals surface area contributed by atoms with Crippen molar-refractivity contribution in [2.45, 2.75) is 18.3 Å². The van der Waals surface area contributed by atoms with Gasteiger partial charge >= 0.3 is 0 Å². The second kappa shape index (κ2) is 6.62. The molecule has 2 rings (SSSR count). The zero-order valence-corrected chi connectivity index (χ0v) is 13.6. The van der Waals surface area contributed by atoms with Crippen LogP contribution in [0.2, 0.25) is 5.82 Å². The molecule has 21 heavy (non-hydrogen) atoms. The highest BCUT2D eigenvalue weighted by molar-refractivity contribution is 9.10. The Labute approximate surface area is 134 Å². The minimum absolute atomic E-state index is 0.118. The van der Waals surface area contributed by atoms with E-state index in [2.05, 4.69) is 44.3 Å². The molecular weight excluding hydrogens is 331 g/mol. The van der Waals surface area contributed by atoms with Crippen LogP contribution in [0.5, 0.6) is 0 Å². The molecule has 1 aromatic heterocycles. The molecule has 2 atom stereocenters. The van der Waals surface area contributed by atoms with Gasteiger partial charge in [0.1, 0.15) is 16.1 Å². The molecule has 1 N–H and O–H groups in total. The van der Waals surface area contributed by atoms with Gasteiger partial charge in [-0.2, -0.15) is 0 Å². The van der Waals surface area contributed by atoms with E-state index in [-0.39, 0.29) is 17.4 Å². The van der Waals surface area contributed by atoms with E-state index in [0.717, 1.165) is 19.5 Å². The average molecular weight is 349 g/mol. The Morgan fingerprint density at radius 3 is 2.76 bits per heavy atom. The van der Waals surface area contributed by atoms with E-state index in [0.29, 0.717) is 16.1 Å². The number of aromatic nitrogens is 2. The van der Waals surface area contributed by atoms with Crippen molar-refractivity contribution >= 4 is 41.9 Å². The summed E-state index contributed by atoms with van der Waals surface area (Å²) >= 11 is 3.31. The number of rotatable bonds is 4. The molecular formula is C14H18BBrN4O. The number of likely N-dealkylation sites (tertiary alicyclic amines) is 1. The van der Waals surface area contributed by atoms with Crippen molar-refractivity contribution in [2.75, 3.05) is 25.5 Å². The van der Waals surface area contributed by atoms with Crippen LogP contribution in [-0.2, 0) is 0 Å². The molecule has 7 heteroatoms. The largest absolute Gasteiger partial charge is 0.365 e. The normalized spacial score (nSPS) is 22.8. The van der Waals surface area contributed by atoms with Gasteiger partial charge in [0, 0.05) is 18.8 Å². The fourth-order valence-corrected chi connectivity index (χ4v) is 3.00. The Morgan fingerprint density at radius 2 is 2.19 bits per heavy atom. The van der Waals surface area contributed by atoms with Gasteiger partial charge in [0.15, 0.2) is 0 Å². The van der Waals surface area contributed by atoms with E-state index in [4.69, 9.17) is 7.85 Å². The maximum atomic E-state index is 12.3. The number of halogens is 1. The first kappa shape index (κ1) is 16.0.